The minimum atomic E-state index is 0.0465. The van der Waals surface area contributed by atoms with Crippen LogP contribution in [-0.4, -0.2) is 16.2 Å². The SMILES string of the molecule is N[C@H](CCc1cc(-c2ccc3cnccc3c2)no1)Cc1cccc(Cl)c1. The van der Waals surface area contributed by atoms with Gasteiger partial charge in [0.05, 0.1) is 0 Å². The van der Waals surface area contributed by atoms with Gasteiger partial charge < -0.3 is 10.3 Å². The van der Waals surface area contributed by atoms with E-state index in [1.165, 1.54) is 0 Å². The molecule has 0 saturated heterocycles. The Labute approximate surface area is 163 Å². The maximum absolute atomic E-state index is 6.27. The Hall–Kier alpha value is -2.69. The van der Waals surface area contributed by atoms with Gasteiger partial charge in [0.2, 0.25) is 0 Å². The molecule has 4 rings (SSSR count). The van der Waals surface area contributed by atoms with Crippen LogP contribution in [0.5, 0.6) is 0 Å². The Kier molecular flexibility index (Phi) is 5.19. The lowest BCUT2D eigenvalue weighted by Gasteiger charge is -2.10. The van der Waals surface area contributed by atoms with Gasteiger partial charge in [-0.25, -0.2) is 0 Å². The van der Waals surface area contributed by atoms with Crippen molar-refractivity contribution >= 4 is 22.4 Å². The van der Waals surface area contributed by atoms with Crippen LogP contribution >= 0.6 is 11.6 Å². The molecule has 0 saturated carbocycles. The normalized spacial score (nSPS) is 12.4. The van der Waals surface area contributed by atoms with Crippen molar-refractivity contribution in [2.75, 3.05) is 0 Å². The van der Waals surface area contributed by atoms with Crippen LogP contribution in [0.15, 0.2) is 71.5 Å². The van der Waals surface area contributed by atoms with Gasteiger partial charge in [0.15, 0.2) is 0 Å². The highest BCUT2D eigenvalue weighted by atomic mass is 35.5. The molecule has 0 unspecified atom stereocenters. The second-order valence-electron chi connectivity index (χ2n) is 6.75. The first-order valence-electron chi connectivity index (χ1n) is 8.97. The predicted octanol–water partition coefficient (Wildman–Crippen LogP) is 5.05. The summed E-state index contributed by atoms with van der Waals surface area (Å²) in [6.07, 6.45) is 6.02. The van der Waals surface area contributed by atoms with Crippen molar-refractivity contribution in [1.82, 2.24) is 10.1 Å². The number of benzene rings is 2. The smallest absolute Gasteiger partial charge is 0.137 e. The summed E-state index contributed by atoms with van der Waals surface area (Å²) in [5.74, 6) is 0.848. The lowest BCUT2D eigenvalue weighted by molar-refractivity contribution is 0.378. The molecule has 2 N–H and O–H groups in total. The molecule has 5 heteroatoms. The van der Waals surface area contributed by atoms with Gasteiger partial charge in [-0.3, -0.25) is 4.98 Å². The van der Waals surface area contributed by atoms with E-state index in [0.29, 0.717) is 0 Å². The van der Waals surface area contributed by atoms with E-state index in [2.05, 4.69) is 16.2 Å². The molecule has 2 aromatic carbocycles. The molecule has 0 fully saturated rings. The van der Waals surface area contributed by atoms with Crippen LogP contribution < -0.4 is 5.73 Å². The molecular weight excluding hydrogens is 358 g/mol. The van der Waals surface area contributed by atoms with E-state index in [1.807, 2.05) is 54.7 Å². The molecule has 27 heavy (non-hydrogen) atoms. The zero-order chi connectivity index (χ0) is 18.6. The summed E-state index contributed by atoms with van der Waals surface area (Å²) in [6, 6.07) is 18.1. The van der Waals surface area contributed by atoms with E-state index >= 15 is 0 Å². The number of hydrogen-bond acceptors (Lipinski definition) is 4. The molecule has 0 amide bonds. The molecule has 0 aliphatic heterocycles. The van der Waals surface area contributed by atoms with Crippen molar-refractivity contribution < 1.29 is 4.52 Å². The summed E-state index contributed by atoms with van der Waals surface area (Å²) in [7, 11) is 0. The molecule has 136 valence electrons. The summed E-state index contributed by atoms with van der Waals surface area (Å²) < 4.78 is 5.51. The first-order valence-corrected chi connectivity index (χ1v) is 9.35. The van der Waals surface area contributed by atoms with Crippen LogP contribution in [0.25, 0.3) is 22.0 Å². The first-order chi connectivity index (χ1) is 13.2. The molecule has 0 aliphatic rings. The number of halogens is 1. The van der Waals surface area contributed by atoms with Crippen LogP contribution in [0.3, 0.4) is 0 Å². The second-order valence-corrected chi connectivity index (χ2v) is 7.19. The van der Waals surface area contributed by atoms with Crippen molar-refractivity contribution in [3.8, 4) is 11.3 Å². The highest BCUT2D eigenvalue weighted by molar-refractivity contribution is 6.30. The number of nitrogens with zero attached hydrogens (tertiary/aromatic N) is 2. The standard InChI is InChI=1S/C22H20ClN3O/c23-19-3-1-2-15(10-19)11-20(24)6-7-21-13-22(26-27-21)17-4-5-18-14-25-9-8-16(18)12-17/h1-5,8-10,12-14,20H,6-7,11,24H2/t20-/m1/s1. The molecule has 1 atom stereocenters. The number of pyridine rings is 1. The third kappa shape index (κ3) is 4.35. The summed E-state index contributed by atoms with van der Waals surface area (Å²) in [5.41, 5.74) is 9.30. The molecular formula is C22H20ClN3O. The van der Waals surface area contributed by atoms with Crippen molar-refractivity contribution in [1.29, 1.82) is 0 Å². The van der Waals surface area contributed by atoms with Crippen molar-refractivity contribution in [2.24, 2.45) is 5.73 Å². The van der Waals surface area contributed by atoms with E-state index in [9.17, 15) is 0 Å². The number of aromatic nitrogens is 2. The summed E-state index contributed by atoms with van der Waals surface area (Å²) in [6.45, 7) is 0. The maximum atomic E-state index is 6.27. The largest absolute Gasteiger partial charge is 0.361 e. The van der Waals surface area contributed by atoms with E-state index < -0.39 is 0 Å². The van der Waals surface area contributed by atoms with Gasteiger partial charge >= 0.3 is 0 Å². The molecule has 2 aromatic heterocycles. The highest BCUT2D eigenvalue weighted by Gasteiger charge is 2.10. The fourth-order valence-corrected chi connectivity index (χ4v) is 3.42. The number of rotatable bonds is 6. The molecule has 4 aromatic rings. The summed E-state index contributed by atoms with van der Waals surface area (Å²) >= 11 is 6.03. The van der Waals surface area contributed by atoms with Gasteiger partial charge in [-0.15, -0.1) is 0 Å². The quantitative estimate of drug-likeness (QED) is 0.511. The van der Waals surface area contributed by atoms with E-state index in [-0.39, 0.29) is 6.04 Å². The highest BCUT2D eigenvalue weighted by Crippen LogP contribution is 2.24. The zero-order valence-corrected chi connectivity index (χ0v) is 15.6. The van der Waals surface area contributed by atoms with Crippen molar-refractivity contribution in [3.05, 3.63) is 83.3 Å². The predicted molar refractivity (Wildman–Crippen MR) is 109 cm³/mol. The van der Waals surface area contributed by atoms with Crippen molar-refractivity contribution in [3.63, 3.8) is 0 Å². The average molecular weight is 378 g/mol. The first kappa shape index (κ1) is 17.7. The van der Waals surface area contributed by atoms with Crippen LogP contribution in [0, 0.1) is 0 Å². The zero-order valence-electron chi connectivity index (χ0n) is 14.8. The fourth-order valence-electron chi connectivity index (χ4n) is 3.21. The number of hydrogen-bond donors (Lipinski definition) is 1. The third-order valence-electron chi connectivity index (χ3n) is 4.64. The number of nitrogens with two attached hydrogens (primary N) is 1. The third-order valence-corrected chi connectivity index (χ3v) is 4.88. The molecule has 0 bridgehead atoms. The van der Waals surface area contributed by atoms with Gasteiger partial charge in [-0.1, -0.05) is 41.0 Å². The van der Waals surface area contributed by atoms with Crippen LogP contribution in [0.1, 0.15) is 17.7 Å². The number of aryl methyl sites for hydroxylation is 1. The van der Waals surface area contributed by atoms with Gasteiger partial charge in [0.1, 0.15) is 11.5 Å². The van der Waals surface area contributed by atoms with Gasteiger partial charge in [0.25, 0.3) is 0 Å². The Morgan fingerprint density at radius 3 is 2.85 bits per heavy atom. The van der Waals surface area contributed by atoms with E-state index in [1.54, 1.807) is 6.20 Å². The monoisotopic (exact) mass is 377 g/mol. The Bertz CT molecular complexity index is 1060. The van der Waals surface area contributed by atoms with Gasteiger partial charge in [0, 0.05) is 46.9 Å². The Morgan fingerprint density at radius 2 is 1.96 bits per heavy atom. The minimum Gasteiger partial charge on any atom is -0.361 e. The van der Waals surface area contributed by atoms with Crippen molar-refractivity contribution in [2.45, 2.75) is 25.3 Å². The Morgan fingerprint density at radius 1 is 1.04 bits per heavy atom. The average Bonchev–Trinajstić information content (AvgIpc) is 3.15. The molecule has 0 radical (unpaired) electrons. The Balaban J connectivity index is 1.40. The minimum absolute atomic E-state index is 0.0465. The van der Waals surface area contributed by atoms with Gasteiger partial charge in [-0.05, 0) is 48.1 Å². The van der Waals surface area contributed by atoms with Gasteiger partial charge in [-0.2, -0.15) is 0 Å². The van der Waals surface area contributed by atoms with Crippen LogP contribution in [-0.2, 0) is 12.8 Å². The molecule has 0 aliphatic carbocycles. The van der Waals surface area contributed by atoms with Crippen LogP contribution in [0.2, 0.25) is 5.02 Å². The maximum Gasteiger partial charge on any atom is 0.137 e. The lowest BCUT2D eigenvalue weighted by atomic mass is 10.0. The summed E-state index contributed by atoms with van der Waals surface area (Å²) in [4.78, 5) is 4.14. The molecule has 2 heterocycles. The molecule has 4 nitrogen and oxygen atoms in total. The fraction of sp³-hybridized carbons (Fsp3) is 0.182. The summed E-state index contributed by atoms with van der Waals surface area (Å²) in [5, 5.41) is 7.20. The lowest BCUT2D eigenvalue weighted by Crippen LogP contribution is -2.23. The molecule has 0 spiro atoms. The van der Waals surface area contributed by atoms with Crippen LogP contribution in [0.4, 0.5) is 0 Å². The van der Waals surface area contributed by atoms with E-state index in [0.717, 1.165) is 57.6 Å². The number of fused-ring (bicyclic) bond motifs is 1. The second kappa shape index (κ2) is 7.91. The topological polar surface area (TPSA) is 64.9 Å². The van der Waals surface area contributed by atoms with E-state index in [4.69, 9.17) is 21.9 Å².